The molecule has 0 spiro atoms. The number of thioether (sulfide) groups is 1. The van der Waals surface area contributed by atoms with E-state index < -0.39 is 17.9 Å². The van der Waals surface area contributed by atoms with Gasteiger partial charge in [-0.05, 0) is 24.3 Å². The Morgan fingerprint density at radius 1 is 1.71 bits per heavy atom. The Bertz CT molecular complexity index is 201. The molecule has 0 fully saturated rings. The molecule has 0 aromatic heterocycles. The average Bonchev–Trinajstić information content (AvgIpc) is 2.11. The first-order valence-electron chi connectivity index (χ1n) is 3.77. The van der Waals surface area contributed by atoms with Crippen LogP contribution in [0.25, 0.3) is 0 Å². The third-order valence-corrected chi connectivity index (χ3v) is 2.00. The predicted octanol–water partition coefficient (Wildman–Crippen LogP) is -4.09. The average molecular weight is 228 g/mol. The first kappa shape index (κ1) is 16.7. The largest absolute Gasteiger partial charge is 1.00 e. The fourth-order valence-corrected chi connectivity index (χ4v) is 1.16. The van der Waals surface area contributed by atoms with E-state index in [1.165, 1.54) is 11.8 Å². The molecule has 0 aliphatic carbocycles. The topological polar surface area (TPSA) is 98.7 Å². The van der Waals surface area contributed by atoms with Crippen molar-refractivity contribution in [3.8, 4) is 0 Å². The van der Waals surface area contributed by atoms with Crippen LogP contribution in [0.5, 0.6) is 0 Å². The van der Waals surface area contributed by atoms with Crippen molar-refractivity contribution in [1.82, 2.24) is 0 Å². The minimum atomic E-state index is -1.07. The zero-order valence-electron chi connectivity index (χ0n) is 8.40. The third-order valence-electron chi connectivity index (χ3n) is 1.35. The summed E-state index contributed by atoms with van der Waals surface area (Å²) in [4.78, 5) is 14.0. The van der Waals surface area contributed by atoms with Gasteiger partial charge < -0.3 is 15.9 Å². The molecule has 0 saturated heterocycles. The molecule has 0 aliphatic heterocycles. The van der Waals surface area contributed by atoms with E-state index in [1.54, 1.807) is 0 Å². The van der Waals surface area contributed by atoms with Crippen molar-refractivity contribution in [2.24, 2.45) is 10.7 Å². The fraction of sp³-hybridized carbons (Fsp3) is 0.714. The van der Waals surface area contributed by atoms with Crippen molar-refractivity contribution in [2.45, 2.75) is 12.5 Å². The summed E-state index contributed by atoms with van der Waals surface area (Å²) in [6.07, 6.45) is 2.23. The van der Waals surface area contributed by atoms with Gasteiger partial charge in [0.1, 0.15) is 6.04 Å². The zero-order chi connectivity index (χ0) is 10.3. The molecule has 0 aromatic rings. The standard InChI is InChI=1S/C7H14N2O3S.Na/c1-13-3-2-5(7(11)12)9-6(10)4-8;/h5H,2-4,8H2,1H3,(H,9,10)(H,11,12);/q;+1/p-1/t5-;/m0./s1. The van der Waals surface area contributed by atoms with Crippen LogP contribution in [0.2, 0.25) is 0 Å². The van der Waals surface area contributed by atoms with Crippen molar-refractivity contribution >= 4 is 23.6 Å². The number of hydrogen-bond donors (Lipinski definition) is 2. The molecule has 0 aromatic carbocycles. The number of aliphatic imine (C=N–C) groups is 1. The number of carbonyl (C=O) groups is 1. The number of carboxylic acids is 1. The number of aliphatic carboxylic acids is 1. The van der Waals surface area contributed by atoms with Crippen molar-refractivity contribution in [3.05, 3.63) is 0 Å². The van der Waals surface area contributed by atoms with E-state index in [9.17, 15) is 9.90 Å². The molecule has 0 aliphatic rings. The van der Waals surface area contributed by atoms with E-state index in [0.717, 1.165) is 0 Å². The van der Waals surface area contributed by atoms with Gasteiger partial charge in [-0.15, -0.1) is 0 Å². The molecule has 14 heavy (non-hydrogen) atoms. The minimum Gasteiger partial charge on any atom is -0.861 e. The fourth-order valence-electron chi connectivity index (χ4n) is 0.699. The Morgan fingerprint density at radius 3 is 2.64 bits per heavy atom. The minimum absolute atomic E-state index is 0. The Balaban J connectivity index is 0. The Kier molecular flexibility index (Phi) is 11.7. The first-order valence-corrected chi connectivity index (χ1v) is 5.16. The van der Waals surface area contributed by atoms with E-state index in [-0.39, 0.29) is 36.1 Å². The van der Waals surface area contributed by atoms with Gasteiger partial charge >= 0.3 is 35.5 Å². The van der Waals surface area contributed by atoms with Crippen LogP contribution in [0.1, 0.15) is 6.42 Å². The normalized spacial score (nSPS) is 13.1. The summed E-state index contributed by atoms with van der Waals surface area (Å²) in [5.74, 6) is -0.970. The van der Waals surface area contributed by atoms with E-state index in [2.05, 4.69) is 4.99 Å². The molecule has 0 radical (unpaired) electrons. The van der Waals surface area contributed by atoms with E-state index in [1.807, 2.05) is 6.26 Å². The monoisotopic (exact) mass is 228 g/mol. The Hall–Kier alpha value is 0.250. The third kappa shape index (κ3) is 7.64. The second kappa shape index (κ2) is 9.79. The first-order chi connectivity index (χ1) is 6.11. The summed E-state index contributed by atoms with van der Waals surface area (Å²) in [6.45, 7) is -0.233. The second-order valence-electron chi connectivity index (χ2n) is 2.36. The summed E-state index contributed by atoms with van der Waals surface area (Å²) in [5, 5.41) is 19.4. The molecule has 1 atom stereocenters. The number of nitrogens with two attached hydrogens (primary N) is 1. The van der Waals surface area contributed by atoms with Crippen LogP contribution in [0.3, 0.4) is 0 Å². The SMILES string of the molecule is CSCC[C@H](N=C([O-])CN)C(=O)O.[Na+]. The van der Waals surface area contributed by atoms with Crippen LogP contribution >= 0.6 is 11.8 Å². The Morgan fingerprint density at radius 2 is 2.29 bits per heavy atom. The van der Waals surface area contributed by atoms with Gasteiger partial charge in [0.05, 0.1) is 0 Å². The maximum Gasteiger partial charge on any atom is 1.00 e. The van der Waals surface area contributed by atoms with Gasteiger partial charge in [-0.25, -0.2) is 4.79 Å². The van der Waals surface area contributed by atoms with Gasteiger partial charge in [0.25, 0.3) is 0 Å². The number of carboxylic acid groups (broad SMARTS) is 1. The molecule has 5 nitrogen and oxygen atoms in total. The van der Waals surface area contributed by atoms with Gasteiger partial charge in [-0.2, -0.15) is 11.8 Å². The summed E-state index contributed by atoms with van der Waals surface area (Å²) in [5.41, 5.74) is 5.01. The molecule has 3 N–H and O–H groups in total. The van der Waals surface area contributed by atoms with E-state index in [0.29, 0.717) is 12.2 Å². The van der Waals surface area contributed by atoms with E-state index >= 15 is 0 Å². The molecular formula is C7H13N2NaO3S. The zero-order valence-corrected chi connectivity index (χ0v) is 11.2. The molecule has 0 bridgehead atoms. The van der Waals surface area contributed by atoms with Crippen LogP contribution in [0.15, 0.2) is 4.99 Å². The smallest absolute Gasteiger partial charge is 0.861 e. The van der Waals surface area contributed by atoms with Gasteiger partial charge in [-0.3, -0.25) is 4.99 Å². The summed E-state index contributed by atoms with van der Waals surface area (Å²) >= 11 is 1.52. The molecule has 0 unspecified atom stereocenters. The number of nitrogens with zero attached hydrogens (tertiary/aromatic N) is 1. The van der Waals surface area contributed by atoms with Crippen molar-refractivity contribution in [1.29, 1.82) is 0 Å². The molecule has 0 heterocycles. The van der Waals surface area contributed by atoms with Crippen LogP contribution in [0.4, 0.5) is 0 Å². The van der Waals surface area contributed by atoms with Crippen LogP contribution in [-0.2, 0) is 4.79 Å². The van der Waals surface area contributed by atoms with Crippen molar-refractivity contribution < 1.29 is 44.6 Å². The van der Waals surface area contributed by atoms with Gasteiger partial charge in [0.2, 0.25) is 0 Å². The molecular weight excluding hydrogens is 215 g/mol. The molecule has 0 amide bonds. The van der Waals surface area contributed by atoms with Crippen molar-refractivity contribution in [3.63, 3.8) is 0 Å². The summed E-state index contributed by atoms with van der Waals surface area (Å²) in [6, 6.07) is -0.941. The van der Waals surface area contributed by atoms with Crippen LogP contribution < -0.4 is 40.4 Å². The molecule has 0 saturated carbocycles. The Labute approximate surface area is 109 Å². The quantitative estimate of drug-likeness (QED) is 0.273. The molecule has 7 heteroatoms. The maximum absolute atomic E-state index is 10.7. The van der Waals surface area contributed by atoms with Crippen LogP contribution in [-0.4, -0.2) is 41.6 Å². The summed E-state index contributed by atoms with van der Waals surface area (Å²) in [7, 11) is 0. The molecule has 0 rings (SSSR count). The van der Waals surface area contributed by atoms with Gasteiger partial charge in [0.15, 0.2) is 0 Å². The molecule has 76 valence electrons. The maximum atomic E-state index is 10.7. The number of hydrogen-bond acceptors (Lipinski definition) is 5. The number of rotatable bonds is 6. The van der Waals surface area contributed by atoms with Crippen LogP contribution in [0, 0.1) is 0 Å². The van der Waals surface area contributed by atoms with Crippen molar-refractivity contribution in [2.75, 3.05) is 18.6 Å². The predicted molar refractivity (Wildman–Crippen MR) is 50.9 cm³/mol. The second-order valence-corrected chi connectivity index (χ2v) is 3.35. The van der Waals surface area contributed by atoms with E-state index in [4.69, 9.17) is 10.8 Å². The van der Waals surface area contributed by atoms with Gasteiger partial charge in [-0.1, -0.05) is 0 Å². The summed E-state index contributed by atoms with van der Waals surface area (Å²) < 4.78 is 0. The van der Waals surface area contributed by atoms with Gasteiger partial charge in [0, 0.05) is 6.54 Å².